The van der Waals surface area contributed by atoms with Gasteiger partial charge in [0.2, 0.25) is 0 Å². The number of ether oxygens (including phenoxy) is 1. The number of nitrogens with zero attached hydrogens (tertiary/aromatic N) is 2. The maximum Gasteiger partial charge on any atom is 0.338 e. The molecule has 3 aromatic rings. The van der Waals surface area contributed by atoms with Crippen molar-refractivity contribution in [2.75, 3.05) is 6.26 Å². The van der Waals surface area contributed by atoms with Gasteiger partial charge in [0.15, 0.2) is 22.2 Å². The number of rotatable bonds is 6. The van der Waals surface area contributed by atoms with E-state index in [1.807, 2.05) is 0 Å². The van der Waals surface area contributed by atoms with Gasteiger partial charge >= 0.3 is 5.97 Å². The van der Waals surface area contributed by atoms with E-state index in [9.17, 15) is 13.2 Å². The van der Waals surface area contributed by atoms with Crippen molar-refractivity contribution in [3.63, 3.8) is 0 Å². The average molecular weight is 362 g/mol. The Balaban J connectivity index is 1.64. The van der Waals surface area contributed by atoms with Gasteiger partial charge in [-0.3, -0.25) is 0 Å². The fourth-order valence-corrected chi connectivity index (χ4v) is 2.90. The molecule has 2 heterocycles. The minimum absolute atomic E-state index is 0.118. The van der Waals surface area contributed by atoms with Gasteiger partial charge in [-0.1, -0.05) is 12.1 Å². The van der Waals surface area contributed by atoms with Crippen LogP contribution in [0.1, 0.15) is 21.8 Å². The SMILES string of the molecule is CS(=O)(=O)Cc1cccc(C(=O)OCc2nnc(-c3ccco3)o2)c1. The van der Waals surface area contributed by atoms with E-state index in [1.165, 1.54) is 18.4 Å². The van der Waals surface area contributed by atoms with Crippen molar-refractivity contribution < 1.29 is 26.8 Å². The molecule has 8 nitrogen and oxygen atoms in total. The molecule has 0 aliphatic heterocycles. The molecule has 2 aromatic heterocycles. The molecule has 0 fully saturated rings. The average Bonchev–Trinajstić information content (AvgIpc) is 3.22. The van der Waals surface area contributed by atoms with Gasteiger partial charge < -0.3 is 13.6 Å². The van der Waals surface area contributed by atoms with E-state index in [1.54, 1.807) is 24.3 Å². The van der Waals surface area contributed by atoms with Gasteiger partial charge in [0.1, 0.15) is 0 Å². The van der Waals surface area contributed by atoms with Crippen LogP contribution >= 0.6 is 0 Å². The Morgan fingerprint density at radius 3 is 2.76 bits per heavy atom. The lowest BCUT2D eigenvalue weighted by atomic mass is 10.1. The Morgan fingerprint density at radius 2 is 2.04 bits per heavy atom. The fraction of sp³-hybridized carbons (Fsp3) is 0.188. The minimum Gasteiger partial charge on any atom is -0.459 e. The van der Waals surface area contributed by atoms with Gasteiger partial charge in [0, 0.05) is 6.26 Å². The number of aromatic nitrogens is 2. The smallest absolute Gasteiger partial charge is 0.338 e. The lowest BCUT2D eigenvalue weighted by molar-refractivity contribution is 0.0438. The third kappa shape index (κ3) is 4.54. The zero-order valence-electron chi connectivity index (χ0n) is 13.2. The first-order valence-corrected chi connectivity index (χ1v) is 9.27. The fourth-order valence-electron chi connectivity index (χ4n) is 2.11. The van der Waals surface area contributed by atoms with Crippen LogP contribution in [0.25, 0.3) is 11.7 Å². The van der Waals surface area contributed by atoms with Crippen LogP contribution in [-0.4, -0.2) is 30.8 Å². The summed E-state index contributed by atoms with van der Waals surface area (Å²) >= 11 is 0. The maximum absolute atomic E-state index is 12.1. The molecule has 1 aromatic carbocycles. The summed E-state index contributed by atoms with van der Waals surface area (Å²) in [7, 11) is -3.19. The van der Waals surface area contributed by atoms with Gasteiger partial charge in [-0.05, 0) is 29.8 Å². The van der Waals surface area contributed by atoms with Gasteiger partial charge in [0.25, 0.3) is 11.8 Å². The van der Waals surface area contributed by atoms with E-state index < -0.39 is 15.8 Å². The summed E-state index contributed by atoms with van der Waals surface area (Å²) in [5, 5.41) is 7.57. The lowest BCUT2D eigenvalue weighted by Crippen LogP contribution is -2.07. The van der Waals surface area contributed by atoms with Crippen molar-refractivity contribution in [1.82, 2.24) is 10.2 Å². The van der Waals surface area contributed by atoms with Gasteiger partial charge in [-0.25, -0.2) is 13.2 Å². The predicted octanol–water partition coefficient (Wildman–Crippen LogP) is 2.23. The van der Waals surface area contributed by atoms with E-state index in [0.717, 1.165) is 6.26 Å². The first kappa shape index (κ1) is 16.9. The molecular weight excluding hydrogens is 348 g/mol. The predicted molar refractivity (Wildman–Crippen MR) is 86.1 cm³/mol. The van der Waals surface area contributed by atoms with Gasteiger partial charge in [-0.15, -0.1) is 10.2 Å². The van der Waals surface area contributed by atoms with Crippen molar-refractivity contribution in [1.29, 1.82) is 0 Å². The summed E-state index contributed by atoms with van der Waals surface area (Å²) in [5.74, 6) is -0.0468. The number of benzene rings is 1. The van der Waals surface area contributed by atoms with Crippen LogP contribution in [0, 0.1) is 0 Å². The highest BCUT2D eigenvalue weighted by Crippen LogP contribution is 2.18. The standard InChI is InChI=1S/C16H14N2O6S/c1-25(20,21)10-11-4-2-5-12(8-11)16(19)23-9-14-17-18-15(24-14)13-6-3-7-22-13/h2-8H,9-10H2,1H3. The van der Waals surface area contributed by atoms with Crippen LogP contribution in [0.4, 0.5) is 0 Å². The van der Waals surface area contributed by atoms with E-state index in [2.05, 4.69) is 10.2 Å². The normalized spacial score (nSPS) is 11.4. The van der Waals surface area contributed by atoms with Crippen molar-refractivity contribution in [2.24, 2.45) is 0 Å². The third-order valence-corrected chi connectivity index (χ3v) is 3.97. The molecule has 0 radical (unpaired) electrons. The highest BCUT2D eigenvalue weighted by atomic mass is 32.2. The second kappa shape index (κ2) is 6.89. The number of furan rings is 1. The van der Waals surface area contributed by atoms with E-state index in [-0.39, 0.29) is 29.7 Å². The largest absolute Gasteiger partial charge is 0.459 e. The van der Waals surface area contributed by atoms with Crippen molar-refractivity contribution >= 4 is 15.8 Å². The Kier molecular flexibility index (Phi) is 4.66. The molecule has 0 saturated heterocycles. The Labute approximate surface area is 143 Å². The molecule has 25 heavy (non-hydrogen) atoms. The van der Waals surface area contributed by atoms with E-state index in [0.29, 0.717) is 11.3 Å². The van der Waals surface area contributed by atoms with Crippen molar-refractivity contribution in [3.05, 3.63) is 59.7 Å². The maximum atomic E-state index is 12.1. The highest BCUT2D eigenvalue weighted by molar-refractivity contribution is 7.89. The third-order valence-electron chi connectivity index (χ3n) is 3.12. The molecule has 0 saturated carbocycles. The number of hydrogen-bond donors (Lipinski definition) is 0. The summed E-state index contributed by atoms with van der Waals surface area (Å²) in [6, 6.07) is 9.59. The number of carbonyl (C=O) groups is 1. The molecule has 0 spiro atoms. The van der Waals surface area contributed by atoms with Crippen molar-refractivity contribution in [2.45, 2.75) is 12.4 Å². The summed E-state index contributed by atoms with van der Waals surface area (Å²) in [6.45, 7) is -0.206. The van der Waals surface area contributed by atoms with E-state index in [4.69, 9.17) is 13.6 Å². The molecule has 0 unspecified atom stereocenters. The lowest BCUT2D eigenvalue weighted by Gasteiger charge is -2.04. The highest BCUT2D eigenvalue weighted by Gasteiger charge is 2.14. The summed E-state index contributed by atoms with van der Waals surface area (Å²) in [4.78, 5) is 12.1. The summed E-state index contributed by atoms with van der Waals surface area (Å²) < 4.78 is 38.3. The zero-order valence-corrected chi connectivity index (χ0v) is 14.0. The van der Waals surface area contributed by atoms with Crippen LogP contribution in [0.3, 0.4) is 0 Å². The van der Waals surface area contributed by atoms with Crippen molar-refractivity contribution in [3.8, 4) is 11.7 Å². The Bertz CT molecular complexity index is 976. The number of hydrogen-bond acceptors (Lipinski definition) is 8. The molecule has 0 bridgehead atoms. The number of esters is 1. The molecule has 3 rings (SSSR count). The molecule has 130 valence electrons. The van der Waals surface area contributed by atoms with Crippen LogP contribution < -0.4 is 0 Å². The molecule has 9 heteroatoms. The molecule has 0 amide bonds. The minimum atomic E-state index is -3.19. The van der Waals surface area contributed by atoms with Crippen LogP contribution in [0.2, 0.25) is 0 Å². The monoisotopic (exact) mass is 362 g/mol. The first-order chi connectivity index (χ1) is 11.9. The molecule has 0 N–H and O–H groups in total. The molecular formula is C16H14N2O6S. The van der Waals surface area contributed by atoms with Gasteiger partial charge in [0.05, 0.1) is 17.6 Å². The number of carbonyl (C=O) groups excluding carboxylic acids is 1. The second-order valence-corrected chi connectivity index (χ2v) is 7.47. The second-order valence-electron chi connectivity index (χ2n) is 5.32. The topological polar surface area (TPSA) is 112 Å². The van der Waals surface area contributed by atoms with E-state index >= 15 is 0 Å². The van der Waals surface area contributed by atoms with Gasteiger partial charge in [-0.2, -0.15) is 0 Å². The molecule has 0 aliphatic carbocycles. The zero-order chi connectivity index (χ0) is 17.9. The summed E-state index contributed by atoms with van der Waals surface area (Å²) in [5.41, 5.74) is 0.752. The van der Waals surface area contributed by atoms with Crippen LogP contribution in [0.15, 0.2) is 51.5 Å². The quantitative estimate of drug-likeness (QED) is 0.614. The molecule has 0 aliphatic rings. The Morgan fingerprint density at radius 1 is 1.20 bits per heavy atom. The first-order valence-electron chi connectivity index (χ1n) is 7.21. The number of sulfone groups is 1. The Hall–Kier alpha value is -2.94. The molecule has 0 atom stereocenters. The van der Waals surface area contributed by atoms with Crippen LogP contribution in [-0.2, 0) is 26.9 Å². The van der Waals surface area contributed by atoms with Crippen LogP contribution in [0.5, 0.6) is 0 Å². The summed E-state index contributed by atoms with van der Waals surface area (Å²) in [6.07, 6.45) is 2.60.